The Morgan fingerprint density at radius 3 is 2.36 bits per heavy atom. The number of aliphatic imine (C=N–C) groups is 1. The van der Waals surface area contributed by atoms with Crippen molar-refractivity contribution in [2.75, 3.05) is 4.90 Å². The van der Waals surface area contributed by atoms with E-state index in [0.717, 1.165) is 5.84 Å². The van der Waals surface area contributed by atoms with Gasteiger partial charge in [-0.05, 0) is 63.4 Å². The van der Waals surface area contributed by atoms with Crippen LogP contribution in [0, 0.1) is 0 Å². The number of para-hydroxylation sites is 1. The minimum absolute atomic E-state index is 0.112. The molecule has 2 heterocycles. The summed E-state index contributed by atoms with van der Waals surface area (Å²) in [5, 5.41) is 5.15. The average molecular weight is 461 g/mol. The second-order valence-corrected chi connectivity index (χ2v) is 10.2. The molecule has 0 N–H and O–H groups in total. The zero-order valence-corrected chi connectivity index (χ0v) is 20.0. The van der Waals surface area contributed by atoms with Gasteiger partial charge in [0.15, 0.2) is 0 Å². The second-order valence-electron chi connectivity index (χ2n) is 10.2. The number of fused-ring (bicyclic) bond motifs is 11. The van der Waals surface area contributed by atoms with Crippen molar-refractivity contribution in [1.29, 1.82) is 0 Å². The summed E-state index contributed by atoms with van der Waals surface area (Å²) in [4.78, 5) is 7.69. The van der Waals surface area contributed by atoms with E-state index in [4.69, 9.17) is 4.99 Å². The van der Waals surface area contributed by atoms with E-state index in [-0.39, 0.29) is 11.6 Å². The number of rotatable bonds is 1. The number of allylic oxidation sites excluding steroid dienone is 2. The summed E-state index contributed by atoms with van der Waals surface area (Å²) in [6.07, 6.45) is 8.80. The molecule has 2 aliphatic heterocycles. The van der Waals surface area contributed by atoms with Crippen molar-refractivity contribution in [3.63, 3.8) is 0 Å². The third-order valence-corrected chi connectivity index (χ3v) is 8.17. The zero-order valence-electron chi connectivity index (χ0n) is 20.0. The van der Waals surface area contributed by atoms with Crippen molar-refractivity contribution in [3.8, 4) is 22.3 Å². The second kappa shape index (κ2) is 7.05. The van der Waals surface area contributed by atoms with E-state index in [9.17, 15) is 0 Å². The Labute approximate surface area is 210 Å². The Bertz CT molecular complexity index is 1820. The van der Waals surface area contributed by atoms with Gasteiger partial charge in [0.25, 0.3) is 0 Å². The Morgan fingerprint density at radius 2 is 1.44 bits per heavy atom. The summed E-state index contributed by atoms with van der Waals surface area (Å²) in [5.41, 5.74) is 7.28. The molecule has 0 saturated heterocycles. The summed E-state index contributed by atoms with van der Waals surface area (Å²) < 4.78 is 0. The lowest BCUT2D eigenvalue weighted by atomic mass is 9.83. The van der Waals surface area contributed by atoms with E-state index in [1.54, 1.807) is 0 Å². The third kappa shape index (κ3) is 2.54. The highest BCUT2D eigenvalue weighted by Crippen LogP contribution is 2.49. The van der Waals surface area contributed by atoms with Gasteiger partial charge in [-0.15, -0.1) is 0 Å². The van der Waals surface area contributed by atoms with Gasteiger partial charge in [-0.1, -0.05) is 103 Å². The van der Waals surface area contributed by atoms with Gasteiger partial charge in [0.2, 0.25) is 0 Å². The minimum atomic E-state index is -0.189. The van der Waals surface area contributed by atoms with Crippen LogP contribution in [0.15, 0.2) is 126 Å². The molecule has 5 aromatic rings. The first-order valence-corrected chi connectivity index (χ1v) is 12.6. The normalized spacial score (nSPS) is 21.2. The molecule has 0 radical (unpaired) electrons. The van der Waals surface area contributed by atoms with E-state index in [0.29, 0.717) is 0 Å². The Morgan fingerprint density at radius 1 is 0.667 bits per heavy atom. The van der Waals surface area contributed by atoms with Crippen LogP contribution in [0.5, 0.6) is 0 Å². The van der Waals surface area contributed by atoms with Gasteiger partial charge in [-0.25, -0.2) is 0 Å². The summed E-state index contributed by atoms with van der Waals surface area (Å²) in [5.74, 6) is 1.07. The van der Waals surface area contributed by atoms with Crippen LogP contribution >= 0.6 is 0 Å². The van der Waals surface area contributed by atoms with Crippen LogP contribution in [-0.2, 0) is 0 Å². The predicted octanol–water partition coefficient (Wildman–Crippen LogP) is 8.16. The van der Waals surface area contributed by atoms with Gasteiger partial charge in [-0.3, -0.25) is 4.99 Å². The maximum atomic E-state index is 5.24. The Hall–Kier alpha value is -4.43. The van der Waals surface area contributed by atoms with Crippen molar-refractivity contribution >= 4 is 33.1 Å². The van der Waals surface area contributed by atoms with Gasteiger partial charge < -0.3 is 4.90 Å². The molecule has 3 aliphatic rings. The molecule has 1 unspecified atom stereocenters. The molecule has 2 heteroatoms. The number of hydrogen-bond acceptors (Lipinski definition) is 2. The number of hydrogen-bond donors (Lipinski definition) is 0. The molecule has 2 atom stereocenters. The summed E-state index contributed by atoms with van der Waals surface area (Å²) in [6.45, 7) is 2.30. The minimum Gasteiger partial charge on any atom is -0.314 e. The molecular weight excluding hydrogens is 436 g/mol. The van der Waals surface area contributed by atoms with Crippen LogP contribution in [0.3, 0.4) is 0 Å². The largest absolute Gasteiger partial charge is 0.314 e. The van der Waals surface area contributed by atoms with E-state index < -0.39 is 0 Å². The fourth-order valence-corrected chi connectivity index (χ4v) is 6.39. The van der Waals surface area contributed by atoms with Gasteiger partial charge in [-0.2, -0.15) is 0 Å². The van der Waals surface area contributed by atoms with Crippen molar-refractivity contribution < 1.29 is 0 Å². The molecule has 170 valence electrons. The highest BCUT2D eigenvalue weighted by Gasteiger charge is 2.48. The lowest BCUT2D eigenvalue weighted by Crippen LogP contribution is -2.51. The maximum Gasteiger partial charge on any atom is 0.137 e. The Balaban J connectivity index is 1.39. The first kappa shape index (κ1) is 19.8. The molecule has 0 amide bonds. The highest BCUT2D eigenvalue weighted by atomic mass is 15.3. The first-order valence-electron chi connectivity index (χ1n) is 12.6. The van der Waals surface area contributed by atoms with E-state index in [1.165, 1.54) is 55.0 Å². The van der Waals surface area contributed by atoms with Crippen LogP contribution in [0.25, 0.3) is 43.8 Å². The highest BCUT2D eigenvalue weighted by molar-refractivity contribution is 6.22. The molecule has 0 aromatic heterocycles. The molecule has 0 saturated carbocycles. The fourth-order valence-electron chi connectivity index (χ4n) is 6.39. The first-order chi connectivity index (χ1) is 17.7. The lowest BCUT2D eigenvalue weighted by molar-refractivity contribution is 0.546. The molecule has 0 bridgehead atoms. The SMILES string of the molecule is C[C@]12C=CC=CC1N=C1c3ccc(-c4cc5ccccc5c5ccccc45)cc3-c3ccccc3N12. The van der Waals surface area contributed by atoms with Crippen LogP contribution in [0.2, 0.25) is 0 Å². The van der Waals surface area contributed by atoms with Crippen LogP contribution in [0.4, 0.5) is 5.69 Å². The summed E-state index contributed by atoms with van der Waals surface area (Å²) in [7, 11) is 0. The fraction of sp³-hybridized carbons (Fsp3) is 0.0882. The van der Waals surface area contributed by atoms with Crippen molar-refractivity contribution in [1.82, 2.24) is 0 Å². The van der Waals surface area contributed by atoms with Gasteiger partial charge in [0.1, 0.15) is 5.84 Å². The molecule has 0 fully saturated rings. The van der Waals surface area contributed by atoms with E-state index in [1.807, 2.05) is 0 Å². The smallest absolute Gasteiger partial charge is 0.137 e. The number of anilines is 1. The molecule has 1 aliphatic carbocycles. The standard InChI is InChI=1S/C34H24N2/c1-34-19-9-8-16-32(34)35-33-28-18-17-23(21-30(28)27-14-6-7-15-31(27)36(33)34)29-20-22-10-2-3-11-24(22)25-12-4-5-13-26(25)29/h2-21,32H,1H3/t32?,34-/m0/s1. The number of benzene rings is 5. The van der Waals surface area contributed by atoms with Gasteiger partial charge >= 0.3 is 0 Å². The van der Waals surface area contributed by atoms with Crippen LogP contribution in [0.1, 0.15) is 12.5 Å². The van der Waals surface area contributed by atoms with Crippen molar-refractivity contribution in [3.05, 3.63) is 127 Å². The zero-order chi connectivity index (χ0) is 23.9. The molecule has 5 aromatic carbocycles. The van der Waals surface area contributed by atoms with Gasteiger partial charge in [0, 0.05) is 11.1 Å². The molecule has 8 rings (SSSR count). The Kier molecular flexibility index (Phi) is 3.88. The van der Waals surface area contributed by atoms with Crippen LogP contribution < -0.4 is 4.90 Å². The number of nitrogens with zero attached hydrogens (tertiary/aromatic N) is 2. The molecule has 36 heavy (non-hydrogen) atoms. The lowest BCUT2D eigenvalue weighted by Gasteiger charge is -2.42. The maximum absolute atomic E-state index is 5.24. The predicted molar refractivity (Wildman–Crippen MR) is 152 cm³/mol. The van der Waals surface area contributed by atoms with Crippen molar-refractivity contribution in [2.45, 2.75) is 18.5 Å². The monoisotopic (exact) mass is 460 g/mol. The van der Waals surface area contributed by atoms with Gasteiger partial charge in [0.05, 0.1) is 17.3 Å². The quantitative estimate of drug-likeness (QED) is 0.230. The summed E-state index contributed by atoms with van der Waals surface area (Å²) in [6, 6.07) is 35.6. The summed E-state index contributed by atoms with van der Waals surface area (Å²) >= 11 is 0. The molecule has 0 spiro atoms. The average Bonchev–Trinajstić information content (AvgIpc) is 3.26. The van der Waals surface area contributed by atoms with Crippen molar-refractivity contribution in [2.24, 2.45) is 4.99 Å². The van der Waals surface area contributed by atoms with E-state index in [2.05, 4.69) is 133 Å². The number of amidine groups is 1. The topological polar surface area (TPSA) is 15.6 Å². The molecular formula is C34H24N2. The van der Waals surface area contributed by atoms with Crippen LogP contribution in [-0.4, -0.2) is 17.4 Å². The molecule has 2 nitrogen and oxygen atoms in total. The van der Waals surface area contributed by atoms with E-state index >= 15 is 0 Å². The third-order valence-electron chi connectivity index (χ3n) is 8.17.